The van der Waals surface area contributed by atoms with Crippen LogP contribution in [0.4, 0.5) is 0 Å². The molecule has 10 nitrogen and oxygen atoms in total. The number of aliphatic hydroxyl groups excluding tert-OH is 2. The lowest BCUT2D eigenvalue weighted by Crippen LogP contribution is -2.29. The summed E-state index contributed by atoms with van der Waals surface area (Å²) in [7, 11) is -4.61. The van der Waals surface area contributed by atoms with Gasteiger partial charge in [-0.05, 0) is 38.5 Å². The fourth-order valence-corrected chi connectivity index (χ4v) is 6.84. The maximum absolute atomic E-state index is 12.6. The van der Waals surface area contributed by atoms with Gasteiger partial charge < -0.3 is 24.6 Å². The van der Waals surface area contributed by atoms with Crippen LogP contribution in [0.15, 0.2) is 12.2 Å². The monoisotopic (exact) mass is 777 g/mol. The highest BCUT2D eigenvalue weighted by Gasteiger charge is 2.27. The van der Waals surface area contributed by atoms with E-state index in [1.807, 2.05) is 0 Å². The first-order valence-corrected chi connectivity index (χ1v) is 23.1. The summed E-state index contributed by atoms with van der Waals surface area (Å²) < 4.78 is 32.7. The summed E-state index contributed by atoms with van der Waals surface area (Å²) in [6.07, 6.45) is 36.0. The number of ether oxygens (including phenoxy) is 2. The fourth-order valence-electron chi connectivity index (χ4n) is 6.05. The largest absolute Gasteiger partial charge is 0.472 e. The standard InChI is InChI=1S/C42H81O10P/c1-3-5-7-9-11-13-15-17-18-19-20-22-23-25-27-29-31-33-41(45)49-37-40(38-51-53(47,48)50-36-39(44)35-43)52-42(46)34-32-30-28-26-24-21-16-14-12-10-8-6-4-2/h17-18,39-40,43-44H,3-16,19-38H2,1-2H3,(H,47,48)/b18-17-/t39-,40+/m0/s1. The van der Waals surface area contributed by atoms with E-state index in [4.69, 9.17) is 19.1 Å². The maximum Gasteiger partial charge on any atom is 0.472 e. The molecule has 0 aliphatic carbocycles. The topological polar surface area (TPSA) is 149 Å². The van der Waals surface area contributed by atoms with Crippen molar-refractivity contribution in [2.24, 2.45) is 0 Å². The van der Waals surface area contributed by atoms with E-state index in [1.54, 1.807) is 0 Å². The third-order valence-electron chi connectivity index (χ3n) is 9.42. The van der Waals surface area contributed by atoms with Crippen molar-refractivity contribution < 1.29 is 47.8 Å². The van der Waals surface area contributed by atoms with Crippen molar-refractivity contribution in [1.82, 2.24) is 0 Å². The number of phosphoric acid groups is 1. The van der Waals surface area contributed by atoms with Crippen molar-refractivity contribution in [3.05, 3.63) is 12.2 Å². The minimum atomic E-state index is -4.61. The molecule has 0 heterocycles. The minimum Gasteiger partial charge on any atom is -0.462 e. The number of carbonyl (C=O) groups excluding carboxylic acids is 2. The molecule has 53 heavy (non-hydrogen) atoms. The van der Waals surface area contributed by atoms with Crippen LogP contribution in [0.1, 0.15) is 206 Å². The van der Waals surface area contributed by atoms with Crippen LogP contribution in [-0.2, 0) is 32.7 Å². The Labute approximate surface area is 324 Å². The third kappa shape index (κ3) is 38.8. The Morgan fingerprint density at radius 1 is 0.547 bits per heavy atom. The third-order valence-corrected chi connectivity index (χ3v) is 10.4. The van der Waals surface area contributed by atoms with E-state index in [2.05, 4.69) is 30.5 Å². The van der Waals surface area contributed by atoms with Crippen molar-refractivity contribution in [1.29, 1.82) is 0 Å². The highest BCUT2D eigenvalue weighted by molar-refractivity contribution is 7.47. The highest BCUT2D eigenvalue weighted by Crippen LogP contribution is 2.43. The van der Waals surface area contributed by atoms with Gasteiger partial charge in [-0.3, -0.25) is 18.6 Å². The van der Waals surface area contributed by atoms with Crippen molar-refractivity contribution >= 4 is 19.8 Å². The van der Waals surface area contributed by atoms with Crippen molar-refractivity contribution in [3.63, 3.8) is 0 Å². The SMILES string of the molecule is CCCCCCCC/C=C\CCCCCCCCCC(=O)OC[C@H](COP(=O)(O)OC[C@@H](O)CO)OC(=O)CCCCCCCCCCCCCCC. The second-order valence-corrected chi connectivity index (χ2v) is 16.2. The summed E-state index contributed by atoms with van der Waals surface area (Å²) in [5.74, 6) is -0.920. The fraction of sp³-hybridized carbons (Fsp3) is 0.905. The lowest BCUT2D eigenvalue weighted by Gasteiger charge is -2.20. The van der Waals surface area contributed by atoms with Crippen LogP contribution in [0.2, 0.25) is 0 Å². The molecule has 0 aromatic heterocycles. The summed E-state index contributed by atoms with van der Waals surface area (Å²) in [5, 5.41) is 18.3. The summed E-state index contributed by atoms with van der Waals surface area (Å²) in [5.41, 5.74) is 0. The van der Waals surface area contributed by atoms with Crippen molar-refractivity contribution in [3.8, 4) is 0 Å². The number of allylic oxidation sites excluding steroid dienone is 2. The highest BCUT2D eigenvalue weighted by atomic mass is 31.2. The first-order chi connectivity index (χ1) is 25.7. The number of rotatable bonds is 41. The molecule has 0 aliphatic rings. The van der Waals surface area contributed by atoms with E-state index < -0.39 is 51.8 Å². The molecule has 0 aromatic rings. The quantitative estimate of drug-likeness (QED) is 0.0237. The van der Waals surface area contributed by atoms with Gasteiger partial charge in [-0.1, -0.05) is 167 Å². The molecule has 11 heteroatoms. The lowest BCUT2D eigenvalue weighted by atomic mass is 10.0. The van der Waals surface area contributed by atoms with Gasteiger partial charge in [-0.2, -0.15) is 0 Å². The number of unbranched alkanes of at least 4 members (excludes halogenated alkanes) is 25. The maximum atomic E-state index is 12.6. The molecule has 0 bridgehead atoms. The van der Waals surface area contributed by atoms with E-state index >= 15 is 0 Å². The van der Waals surface area contributed by atoms with Crippen molar-refractivity contribution in [2.75, 3.05) is 26.4 Å². The van der Waals surface area contributed by atoms with Crippen LogP contribution in [0.5, 0.6) is 0 Å². The van der Waals surface area contributed by atoms with E-state index in [0.717, 1.165) is 44.9 Å². The predicted octanol–water partition coefficient (Wildman–Crippen LogP) is 11.2. The molecule has 0 spiro atoms. The number of phosphoric ester groups is 1. The molecule has 3 N–H and O–H groups in total. The first kappa shape index (κ1) is 51.7. The molecule has 0 saturated heterocycles. The summed E-state index contributed by atoms with van der Waals surface area (Å²) >= 11 is 0. The van der Waals surface area contributed by atoms with Gasteiger partial charge in [0.25, 0.3) is 0 Å². The molecule has 0 rings (SSSR count). The van der Waals surface area contributed by atoms with E-state index in [0.29, 0.717) is 12.8 Å². The van der Waals surface area contributed by atoms with Crippen LogP contribution in [0.25, 0.3) is 0 Å². The molecule has 0 fully saturated rings. The average Bonchev–Trinajstić information content (AvgIpc) is 3.14. The number of esters is 2. The first-order valence-electron chi connectivity index (χ1n) is 21.6. The van der Waals surface area contributed by atoms with Crippen LogP contribution < -0.4 is 0 Å². The Hall–Kier alpha value is -1.29. The Bertz CT molecular complexity index is 899. The second-order valence-electron chi connectivity index (χ2n) is 14.7. The van der Waals surface area contributed by atoms with Gasteiger partial charge in [0, 0.05) is 12.8 Å². The molecule has 0 radical (unpaired) electrons. The molecule has 3 atom stereocenters. The zero-order chi connectivity index (χ0) is 39.1. The minimum absolute atomic E-state index is 0.189. The summed E-state index contributed by atoms with van der Waals surface area (Å²) in [6.45, 7) is 2.39. The van der Waals surface area contributed by atoms with Crippen molar-refractivity contribution in [2.45, 2.75) is 219 Å². The molecule has 1 unspecified atom stereocenters. The van der Waals surface area contributed by atoms with Gasteiger partial charge in [0.1, 0.15) is 12.7 Å². The number of hydrogen-bond acceptors (Lipinski definition) is 9. The van der Waals surface area contributed by atoms with Crippen LogP contribution in [-0.4, -0.2) is 65.7 Å². The van der Waals surface area contributed by atoms with E-state index in [-0.39, 0.29) is 19.4 Å². The lowest BCUT2D eigenvalue weighted by molar-refractivity contribution is -0.161. The zero-order valence-electron chi connectivity index (χ0n) is 34.0. The van der Waals surface area contributed by atoms with Gasteiger partial charge in [-0.25, -0.2) is 4.57 Å². The summed E-state index contributed by atoms with van der Waals surface area (Å²) in [6, 6.07) is 0. The normalized spacial score (nSPS) is 14.0. The molecular formula is C42H81O10P. The molecule has 314 valence electrons. The van der Waals surface area contributed by atoms with Gasteiger partial charge in [0.15, 0.2) is 6.10 Å². The molecular weight excluding hydrogens is 695 g/mol. The Morgan fingerprint density at radius 2 is 0.925 bits per heavy atom. The Balaban J connectivity index is 4.26. The van der Waals surface area contributed by atoms with Gasteiger partial charge >= 0.3 is 19.8 Å². The van der Waals surface area contributed by atoms with Gasteiger partial charge in [-0.15, -0.1) is 0 Å². The van der Waals surface area contributed by atoms with Crippen LogP contribution >= 0.6 is 7.82 Å². The predicted molar refractivity (Wildman–Crippen MR) is 215 cm³/mol. The Kier molecular flexibility index (Phi) is 38.0. The molecule has 0 aromatic carbocycles. The van der Waals surface area contributed by atoms with E-state index in [9.17, 15) is 24.2 Å². The molecule has 0 aliphatic heterocycles. The van der Waals surface area contributed by atoms with Crippen LogP contribution in [0.3, 0.4) is 0 Å². The zero-order valence-corrected chi connectivity index (χ0v) is 34.9. The smallest absolute Gasteiger partial charge is 0.462 e. The van der Waals surface area contributed by atoms with Gasteiger partial charge in [0.05, 0.1) is 19.8 Å². The average molecular weight is 777 g/mol. The molecule has 0 amide bonds. The Morgan fingerprint density at radius 3 is 1.36 bits per heavy atom. The van der Waals surface area contributed by atoms with E-state index in [1.165, 1.54) is 122 Å². The number of carbonyl (C=O) groups is 2. The van der Waals surface area contributed by atoms with Crippen LogP contribution in [0, 0.1) is 0 Å². The molecule has 0 saturated carbocycles. The number of aliphatic hydroxyl groups is 2. The summed E-state index contributed by atoms with van der Waals surface area (Å²) in [4.78, 5) is 34.9. The second kappa shape index (κ2) is 39.0. The number of hydrogen-bond donors (Lipinski definition) is 3. The van der Waals surface area contributed by atoms with Gasteiger partial charge in [0.2, 0.25) is 0 Å².